The number of aryl methyl sites for hydroxylation is 1. The zero-order valence-corrected chi connectivity index (χ0v) is 12.9. The van der Waals surface area contributed by atoms with Gasteiger partial charge in [0.25, 0.3) is 0 Å². The van der Waals surface area contributed by atoms with Gasteiger partial charge in [-0.2, -0.15) is 4.98 Å². The van der Waals surface area contributed by atoms with Crippen molar-refractivity contribution in [2.45, 2.75) is 20.3 Å². The SMILES string of the molecule is CCCNc1ncc(C)c(Oc2ccc(F)c(Br)c2)n1. The number of rotatable bonds is 5. The van der Waals surface area contributed by atoms with Gasteiger partial charge in [-0.25, -0.2) is 9.37 Å². The van der Waals surface area contributed by atoms with E-state index in [0.29, 0.717) is 22.1 Å². The lowest BCUT2D eigenvalue weighted by Crippen LogP contribution is -2.05. The zero-order chi connectivity index (χ0) is 14.5. The van der Waals surface area contributed by atoms with Crippen molar-refractivity contribution in [1.29, 1.82) is 0 Å². The van der Waals surface area contributed by atoms with Crippen molar-refractivity contribution in [2.24, 2.45) is 0 Å². The Kier molecular flexibility index (Phi) is 4.89. The molecule has 0 amide bonds. The molecule has 1 heterocycles. The van der Waals surface area contributed by atoms with Gasteiger partial charge in [0.1, 0.15) is 11.6 Å². The molecule has 0 bridgehead atoms. The summed E-state index contributed by atoms with van der Waals surface area (Å²) in [5.74, 6) is 1.16. The van der Waals surface area contributed by atoms with Crippen LogP contribution >= 0.6 is 15.9 Å². The van der Waals surface area contributed by atoms with Gasteiger partial charge < -0.3 is 10.1 Å². The van der Waals surface area contributed by atoms with Crippen LogP contribution in [0, 0.1) is 12.7 Å². The Morgan fingerprint density at radius 3 is 2.90 bits per heavy atom. The summed E-state index contributed by atoms with van der Waals surface area (Å²) in [7, 11) is 0. The molecule has 1 N–H and O–H groups in total. The van der Waals surface area contributed by atoms with Gasteiger partial charge in [0.15, 0.2) is 0 Å². The first-order chi connectivity index (χ1) is 9.60. The second kappa shape index (κ2) is 6.65. The maximum atomic E-state index is 13.2. The van der Waals surface area contributed by atoms with Crippen molar-refractivity contribution in [3.63, 3.8) is 0 Å². The summed E-state index contributed by atoms with van der Waals surface area (Å²) in [6, 6.07) is 4.46. The topological polar surface area (TPSA) is 47.0 Å². The molecule has 0 saturated heterocycles. The minimum Gasteiger partial charge on any atom is -0.439 e. The number of aromatic nitrogens is 2. The molecule has 0 aliphatic heterocycles. The van der Waals surface area contributed by atoms with E-state index in [-0.39, 0.29) is 5.82 Å². The highest BCUT2D eigenvalue weighted by atomic mass is 79.9. The van der Waals surface area contributed by atoms with Crippen LogP contribution in [-0.4, -0.2) is 16.5 Å². The van der Waals surface area contributed by atoms with Gasteiger partial charge in [0.2, 0.25) is 11.8 Å². The maximum Gasteiger partial charge on any atom is 0.226 e. The fourth-order valence-corrected chi connectivity index (χ4v) is 1.86. The van der Waals surface area contributed by atoms with Gasteiger partial charge >= 0.3 is 0 Å². The Morgan fingerprint density at radius 2 is 2.20 bits per heavy atom. The number of benzene rings is 1. The van der Waals surface area contributed by atoms with Crippen molar-refractivity contribution in [2.75, 3.05) is 11.9 Å². The number of nitrogens with zero attached hydrogens (tertiary/aromatic N) is 2. The first-order valence-corrected chi connectivity index (χ1v) is 7.10. The van der Waals surface area contributed by atoms with Crippen LogP contribution in [-0.2, 0) is 0 Å². The number of hydrogen-bond donors (Lipinski definition) is 1. The largest absolute Gasteiger partial charge is 0.439 e. The van der Waals surface area contributed by atoms with E-state index in [4.69, 9.17) is 4.74 Å². The van der Waals surface area contributed by atoms with Crippen LogP contribution in [0.5, 0.6) is 11.6 Å². The van der Waals surface area contributed by atoms with Crippen molar-refractivity contribution < 1.29 is 9.13 Å². The third-order valence-electron chi connectivity index (χ3n) is 2.56. The van der Waals surface area contributed by atoms with Gasteiger partial charge in [-0.15, -0.1) is 0 Å². The lowest BCUT2D eigenvalue weighted by atomic mass is 10.3. The Balaban J connectivity index is 2.20. The van der Waals surface area contributed by atoms with Crippen molar-refractivity contribution >= 4 is 21.9 Å². The standard InChI is InChI=1S/C14H15BrFN3O/c1-3-6-17-14-18-8-9(2)13(19-14)20-10-4-5-12(16)11(15)7-10/h4-5,7-8H,3,6H2,1-2H3,(H,17,18,19). The fourth-order valence-electron chi connectivity index (χ4n) is 1.50. The third-order valence-corrected chi connectivity index (χ3v) is 3.17. The monoisotopic (exact) mass is 339 g/mol. The molecule has 0 atom stereocenters. The molecule has 0 saturated carbocycles. The molecule has 2 rings (SSSR count). The van der Waals surface area contributed by atoms with Gasteiger partial charge in [0, 0.05) is 18.3 Å². The average Bonchev–Trinajstić information content (AvgIpc) is 2.44. The Bertz CT molecular complexity index is 607. The van der Waals surface area contributed by atoms with Crippen molar-refractivity contribution in [3.8, 4) is 11.6 Å². The number of nitrogens with one attached hydrogen (secondary N) is 1. The Morgan fingerprint density at radius 1 is 1.40 bits per heavy atom. The average molecular weight is 340 g/mol. The molecule has 20 heavy (non-hydrogen) atoms. The molecule has 0 fully saturated rings. The summed E-state index contributed by atoms with van der Waals surface area (Å²) in [5.41, 5.74) is 0.812. The Labute approximate surface area is 125 Å². The minimum absolute atomic E-state index is 0.331. The normalized spacial score (nSPS) is 10.4. The summed E-state index contributed by atoms with van der Waals surface area (Å²) in [6.07, 6.45) is 2.68. The van der Waals surface area contributed by atoms with Gasteiger partial charge in [-0.3, -0.25) is 0 Å². The van der Waals surface area contributed by atoms with Crippen LogP contribution in [0.25, 0.3) is 0 Å². The molecule has 2 aromatic rings. The second-order valence-corrected chi connectivity index (χ2v) is 5.14. The molecule has 0 radical (unpaired) electrons. The molecule has 0 aliphatic rings. The molecule has 6 heteroatoms. The van der Waals surface area contributed by atoms with Crippen LogP contribution in [0.1, 0.15) is 18.9 Å². The van der Waals surface area contributed by atoms with Gasteiger partial charge in [-0.05, 0) is 47.5 Å². The maximum absolute atomic E-state index is 13.2. The van der Waals surface area contributed by atoms with Gasteiger partial charge in [-0.1, -0.05) is 6.92 Å². The van der Waals surface area contributed by atoms with Crippen LogP contribution in [0.2, 0.25) is 0 Å². The predicted octanol–water partition coefficient (Wildman–Crippen LogP) is 4.30. The van der Waals surface area contributed by atoms with E-state index in [1.54, 1.807) is 18.3 Å². The van der Waals surface area contributed by atoms with E-state index in [1.165, 1.54) is 6.07 Å². The third kappa shape index (κ3) is 3.66. The summed E-state index contributed by atoms with van der Waals surface area (Å²) in [4.78, 5) is 8.48. The first kappa shape index (κ1) is 14.7. The molecule has 0 aliphatic carbocycles. The number of anilines is 1. The van der Waals surface area contributed by atoms with E-state index in [2.05, 4.69) is 38.1 Å². The quantitative estimate of drug-likeness (QED) is 0.882. The van der Waals surface area contributed by atoms with Crippen LogP contribution < -0.4 is 10.1 Å². The van der Waals surface area contributed by atoms with E-state index in [1.807, 2.05) is 6.92 Å². The second-order valence-electron chi connectivity index (χ2n) is 4.29. The lowest BCUT2D eigenvalue weighted by molar-refractivity contribution is 0.456. The van der Waals surface area contributed by atoms with Crippen LogP contribution in [0.15, 0.2) is 28.9 Å². The molecule has 1 aromatic carbocycles. The van der Waals surface area contributed by atoms with Crippen molar-refractivity contribution in [3.05, 3.63) is 40.2 Å². The number of ether oxygens (including phenoxy) is 1. The number of halogens is 2. The highest BCUT2D eigenvalue weighted by molar-refractivity contribution is 9.10. The fraction of sp³-hybridized carbons (Fsp3) is 0.286. The summed E-state index contributed by atoms with van der Waals surface area (Å²) >= 11 is 3.13. The number of hydrogen-bond acceptors (Lipinski definition) is 4. The van der Waals surface area contributed by atoms with E-state index in [0.717, 1.165) is 18.5 Å². The lowest BCUT2D eigenvalue weighted by Gasteiger charge is -2.10. The van der Waals surface area contributed by atoms with E-state index >= 15 is 0 Å². The van der Waals surface area contributed by atoms with Gasteiger partial charge in [0.05, 0.1) is 4.47 Å². The molecule has 4 nitrogen and oxygen atoms in total. The Hall–Kier alpha value is -1.69. The molecular weight excluding hydrogens is 325 g/mol. The van der Waals surface area contributed by atoms with Crippen LogP contribution in [0.4, 0.5) is 10.3 Å². The molecule has 0 unspecified atom stereocenters. The summed E-state index contributed by atoms with van der Waals surface area (Å²) in [6.45, 7) is 4.72. The molecule has 1 aromatic heterocycles. The summed E-state index contributed by atoms with van der Waals surface area (Å²) < 4.78 is 19.2. The molecular formula is C14H15BrFN3O. The molecule has 0 spiro atoms. The minimum atomic E-state index is -0.331. The molecule has 106 valence electrons. The first-order valence-electron chi connectivity index (χ1n) is 6.30. The zero-order valence-electron chi connectivity index (χ0n) is 11.3. The predicted molar refractivity (Wildman–Crippen MR) is 79.7 cm³/mol. The van der Waals surface area contributed by atoms with Crippen molar-refractivity contribution in [1.82, 2.24) is 9.97 Å². The highest BCUT2D eigenvalue weighted by Gasteiger charge is 2.08. The highest BCUT2D eigenvalue weighted by Crippen LogP contribution is 2.27. The van der Waals surface area contributed by atoms with E-state index < -0.39 is 0 Å². The van der Waals surface area contributed by atoms with Crippen LogP contribution in [0.3, 0.4) is 0 Å². The van der Waals surface area contributed by atoms with E-state index in [9.17, 15) is 4.39 Å². The summed E-state index contributed by atoms with van der Waals surface area (Å²) in [5, 5.41) is 3.10. The smallest absolute Gasteiger partial charge is 0.226 e.